The predicted molar refractivity (Wildman–Crippen MR) is 83.1 cm³/mol. The van der Waals surface area contributed by atoms with Crippen LogP contribution in [0.5, 0.6) is 0 Å². The normalized spacial score (nSPS) is 20.5. The van der Waals surface area contributed by atoms with E-state index < -0.39 is 4.92 Å². The molecule has 0 bridgehead atoms. The molecule has 1 heterocycles. The first-order valence-corrected chi connectivity index (χ1v) is 7.17. The Labute approximate surface area is 129 Å². The first kappa shape index (κ1) is 16.2. The number of hydrogen-bond donors (Lipinski definition) is 1. The molecule has 1 atom stereocenters. The van der Waals surface area contributed by atoms with Crippen molar-refractivity contribution in [2.75, 3.05) is 18.4 Å². The van der Waals surface area contributed by atoms with Crippen molar-refractivity contribution in [3.63, 3.8) is 0 Å². The number of non-ortho nitro benzene ring substituents is 1. The topological polar surface area (TPSA) is 84.7 Å². The second kappa shape index (κ2) is 5.92. The van der Waals surface area contributed by atoms with Crippen LogP contribution in [0.4, 0.5) is 16.2 Å². The van der Waals surface area contributed by atoms with Crippen LogP contribution in [0.2, 0.25) is 0 Å². The van der Waals surface area contributed by atoms with Gasteiger partial charge in [0.1, 0.15) is 0 Å². The summed E-state index contributed by atoms with van der Waals surface area (Å²) in [4.78, 5) is 24.4. The average Bonchev–Trinajstić information content (AvgIpc) is 2.38. The Kier molecular flexibility index (Phi) is 4.37. The highest BCUT2D eigenvalue weighted by Crippen LogP contribution is 2.24. The predicted octanol–water partition coefficient (Wildman–Crippen LogP) is 2.93. The number of benzene rings is 1. The summed E-state index contributed by atoms with van der Waals surface area (Å²) in [5.74, 6) is 0. The van der Waals surface area contributed by atoms with Gasteiger partial charge in [0.15, 0.2) is 0 Å². The number of amides is 2. The number of nitrogens with one attached hydrogen (secondary N) is 1. The minimum atomic E-state index is -0.454. The number of carbonyl (C=O) groups excluding carboxylic acids is 1. The summed E-state index contributed by atoms with van der Waals surface area (Å²) in [6.07, 6.45) is -0.0348. The van der Waals surface area contributed by atoms with E-state index in [0.29, 0.717) is 24.3 Å². The van der Waals surface area contributed by atoms with E-state index in [-0.39, 0.29) is 23.4 Å². The molecule has 0 radical (unpaired) electrons. The zero-order chi connectivity index (χ0) is 16.5. The van der Waals surface area contributed by atoms with Gasteiger partial charge in [-0.2, -0.15) is 0 Å². The van der Waals surface area contributed by atoms with Crippen LogP contribution in [-0.4, -0.2) is 40.6 Å². The number of aryl methyl sites for hydroxylation is 1. The lowest BCUT2D eigenvalue weighted by Gasteiger charge is -2.41. The van der Waals surface area contributed by atoms with Gasteiger partial charge in [-0.3, -0.25) is 10.1 Å². The molecule has 1 N–H and O–H groups in total. The molecule has 120 valence electrons. The Morgan fingerprint density at radius 1 is 1.50 bits per heavy atom. The molecule has 0 aromatic heterocycles. The number of nitrogens with zero attached hydrogens (tertiary/aromatic N) is 2. The molecule has 0 aliphatic carbocycles. The summed E-state index contributed by atoms with van der Waals surface area (Å²) in [5, 5.41) is 13.6. The fourth-order valence-corrected chi connectivity index (χ4v) is 2.70. The number of urea groups is 1. The smallest absolute Gasteiger partial charge is 0.322 e. The molecule has 7 heteroatoms. The van der Waals surface area contributed by atoms with E-state index in [9.17, 15) is 14.9 Å². The molecular formula is C15H21N3O4. The van der Waals surface area contributed by atoms with Gasteiger partial charge in [0, 0.05) is 24.4 Å². The summed E-state index contributed by atoms with van der Waals surface area (Å²) in [5.41, 5.74) is 0.854. The first-order chi connectivity index (χ1) is 10.2. The van der Waals surface area contributed by atoms with Crippen LogP contribution in [0.3, 0.4) is 0 Å². The second-order valence-electron chi connectivity index (χ2n) is 6.26. The van der Waals surface area contributed by atoms with E-state index in [1.807, 2.05) is 20.8 Å². The molecule has 7 nitrogen and oxygen atoms in total. The molecule has 1 aliphatic heterocycles. The number of carbonyl (C=O) groups is 1. The third-order valence-corrected chi connectivity index (χ3v) is 3.52. The van der Waals surface area contributed by atoms with Gasteiger partial charge in [0.25, 0.3) is 5.69 Å². The number of nitro benzene ring substituents is 1. The van der Waals surface area contributed by atoms with Crippen LogP contribution in [0.15, 0.2) is 18.2 Å². The molecule has 22 heavy (non-hydrogen) atoms. The van der Waals surface area contributed by atoms with E-state index in [0.717, 1.165) is 0 Å². The van der Waals surface area contributed by atoms with E-state index in [2.05, 4.69) is 5.32 Å². The lowest BCUT2D eigenvalue weighted by Crippen LogP contribution is -2.54. The molecule has 1 saturated heterocycles. The van der Waals surface area contributed by atoms with Gasteiger partial charge in [0.2, 0.25) is 0 Å². The van der Waals surface area contributed by atoms with Gasteiger partial charge >= 0.3 is 6.03 Å². The molecule has 1 aromatic carbocycles. The van der Waals surface area contributed by atoms with Crippen molar-refractivity contribution in [1.29, 1.82) is 0 Å². The van der Waals surface area contributed by atoms with E-state index in [1.165, 1.54) is 12.1 Å². The molecule has 0 spiro atoms. The zero-order valence-corrected chi connectivity index (χ0v) is 13.3. The van der Waals surface area contributed by atoms with Crippen LogP contribution in [0.25, 0.3) is 0 Å². The van der Waals surface area contributed by atoms with Crippen molar-refractivity contribution in [2.45, 2.75) is 39.4 Å². The molecule has 0 unspecified atom stereocenters. The second-order valence-corrected chi connectivity index (χ2v) is 6.26. The van der Waals surface area contributed by atoms with Crippen LogP contribution in [0, 0.1) is 17.0 Å². The van der Waals surface area contributed by atoms with E-state index in [4.69, 9.17) is 4.74 Å². The third kappa shape index (κ3) is 3.73. The molecule has 2 amide bonds. The summed E-state index contributed by atoms with van der Waals surface area (Å²) in [6, 6.07) is 4.16. The quantitative estimate of drug-likeness (QED) is 0.672. The Hall–Kier alpha value is -2.15. The zero-order valence-electron chi connectivity index (χ0n) is 13.3. The Bertz CT molecular complexity index is 600. The number of nitro groups is 1. The molecule has 1 fully saturated rings. The summed E-state index contributed by atoms with van der Waals surface area (Å²) >= 11 is 0. The Balaban J connectivity index is 2.10. The number of morpholine rings is 1. The van der Waals surface area contributed by atoms with Crippen molar-refractivity contribution >= 4 is 17.4 Å². The molecule has 1 aliphatic rings. The van der Waals surface area contributed by atoms with Crippen molar-refractivity contribution in [1.82, 2.24) is 4.90 Å². The average molecular weight is 307 g/mol. The van der Waals surface area contributed by atoms with Crippen molar-refractivity contribution < 1.29 is 14.5 Å². The molecule has 0 saturated carbocycles. The maximum Gasteiger partial charge on any atom is 0.322 e. The third-order valence-electron chi connectivity index (χ3n) is 3.52. The minimum absolute atomic E-state index is 0.0108. The van der Waals surface area contributed by atoms with Crippen LogP contribution in [0.1, 0.15) is 26.3 Å². The van der Waals surface area contributed by atoms with Crippen molar-refractivity contribution in [2.24, 2.45) is 0 Å². The van der Waals surface area contributed by atoms with Gasteiger partial charge in [-0.05, 0) is 39.3 Å². The maximum atomic E-state index is 12.4. The van der Waals surface area contributed by atoms with Gasteiger partial charge in [-0.15, -0.1) is 0 Å². The highest BCUT2D eigenvalue weighted by Gasteiger charge is 2.33. The number of ether oxygens (including phenoxy) is 1. The highest BCUT2D eigenvalue weighted by atomic mass is 16.6. The van der Waals surface area contributed by atoms with Gasteiger partial charge in [-0.25, -0.2) is 4.79 Å². The first-order valence-electron chi connectivity index (χ1n) is 7.17. The van der Waals surface area contributed by atoms with Gasteiger partial charge in [-0.1, -0.05) is 0 Å². The lowest BCUT2D eigenvalue weighted by atomic mass is 10.1. The van der Waals surface area contributed by atoms with Gasteiger partial charge in [0.05, 0.1) is 23.2 Å². The van der Waals surface area contributed by atoms with E-state index in [1.54, 1.807) is 17.9 Å². The molecule has 2 rings (SSSR count). The van der Waals surface area contributed by atoms with Crippen molar-refractivity contribution in [3.05, 3.63) is 33.9 Å². The summed E-state index contributed by atoms with van der Waals surface area (Å²) < 4.78 is 5.77. The number of rotatable bonds is 2. The minimum Gasteiger partial charge on any atom is -0.369 e. The largest absolute Gasteiger partial charge is 0.369 e. The maximum absolute atomic E-state index is 12.4. The van der Waals surface area contributed by atoms with Crippen LogP contribution < -0.4 is 5.32 Å². The highest BCUT2D eigenvalue weighted by molar-refractivity contribution is 5.90. The number of anilines is 1. The Morgan fingerprint density at radius 2 is 2.18 bits per heavy atom. The lowest BCUT2D eigenvalue weighted by molar-refractivity contribution is -0.384. The standard InChI is InChI=1S/C15H21N3O4/c1-10-7-12(18(20)21)5-6-13(10)16-14(19)17-8-11(2)22-15(3,4)9-17/h5-7,11H,8-9H2,1-4H3,(H,16,19)/t11-/m0/s1. The van der Waals surface area contributed by atoms with Crippen LogP contribution in [-0.2, 0) is 4.74 Å². The van der Waals surface area contributed by atoms with Crippen LogP contribution >= 0.6 is 0 Å². The fraction of sp³-hybridized carbons (Fsp3) is 0.533. The molecular weight excluding hydrogens is 286 g/mol. The number of hydrogen-bond acceptors (Lipinski definition) is 4. The fourth-order valence-electron chi connectivity index (χ4n) is 2.70. The monoisotopic (exact) mass is 307 g/mol. The summed E-state index contributed by atoms with van der Waals surface area (Å²) in [6.45, 7) is 8.56. The van der Waals surface area contributed by atoms with E-state index >= 15 is 0 Å². The van der Waals surface area contributed by atoms with Gasteiger partial charge < -0.3 is 15.0 Å². The van der Waals surface area contributed by atoms with Crippen molar-refractivity contribution in [3.8, 4) is 0 Å². The summed E-state index contributed by atoms with van der Waals surface area (Å²) in [7, 11) is 0. The SMILES string of the molecule is Cc1cc([N+](=O)[O-])ccc1NC(=O)N1C[C@H](C)OC(C)(C)C1. The Morgan fingerprint density at radius 3 is 2.73 bits per heavy atom. The molecule has 1 aromatic rings.